The van der Waals surface area contributed by atoms with E-state index in [0.29, 0.717) is 5.69 Å². The fourth-order valence-electron chi connectivity index (χ4n) is 2.85. The summed E-state index contributed by atoms with van der Waals surface area (Å²) in [6, 6.07) is 9.89. The molecule has 168 valence electrons. The summed E-state index contributed by atoms with van der Waals surface area (Å²) < 4.78 is 37.0. The first-order valence-electron chi connectivity index (χ1n) is 9.26. The molecular weight excluding hydrogens is 481 g/mol. The summed E-state index contributed by atoms with van der Waals surface area (Å²) in [6.45, 7) is 0.310. The van der Waals surface area contributed by atoms with Crippen molar-refractivity contribution in [2.45, 2.75) is 4.90 Å². The number of carbonyl (C=O) groups excluding carboxylic acids is 2. The highest BCUT2D eigenvalue weighted by atomic mass is 35.5. The molecule has 3 rings (SSSR count). The van der Waals surface area contributed by atoms with Gasteiger partial charge in [-0.05, 0) is 36.4 Å². The fourth-order valence-corrected chi connectivity index (χ4v) is 4.70. The lowest BCUT2D eigenvalue weighted by molar-refractivity contribution is -0.119. The average Bonchev–Trinajstić information content (AvgIpc) is 2.78. The Bertz CT molecular complexity index is 1190. The van der Waals surface area contributed by atoms with E-state index in [-0.39, 0.29) is 52.4 Å². The monoisotopic (exact) mass is 497 g/mol. The van der Waals surface area contributed by atoms with Gasteiger partial charge < -0.3 is 14.8 Å². The number of halogens is 2. The minimum absolute atomic E-state index is 0.0183. The maximum Gasteiger partial charge on any atom is 0.340 e. The van der Waals surface area contributed by atoms with E-state index in [1.54, 1.807) is 0 Å². The van der Waals surface area contributed by atoms with Crippen LogP contribution in [0.5, 0.6) is 0 Å². The number of ether oxygens (including phenoxy) is 2. The van der Waals surface area contributed by atoms with Crippen molar-refractivity contribution < 1.29 is 27.5 Å². The number of nitrogens with zero attached hydrogens (tertiary/aromatic N) is 2. The third-order valence-electron chi connectivity index (χ3n) is 4.47. The number of amides is 1. The number of morpholine rings is 1. The van der Waals surface area contributed by atoms with E-state index >= 15 is 0 Å². The van der Waals surface area contributed by atoms with E-state index in [1.807, 2.05) is 6.07 Å². The third-order valence-corrected chi connectivity index (χ3v) is 7.01. The summed E-state index contributed by atoms with van der Waals surface area (Å²) >= 11 is 12.0. The molecule has 1 amide bonds. The quantitative estimate of drug-likeness (QED) is 0.607. The summed E-state index contributed by atoms with van der Waals surface area (Å²) in [6.07, 6.45) is 0. The highest BCUT2D eigenvalue weighted by Gasteiger charge is 2.28. The van der Waals surface area contributed by atoms with Crippen LogP contribution >= 0.6 is 23.2 Å². The van der Waals surface area contributed by atoms with Crippen LogP contribution in [0.2, 0.25) is 10.0 Å². The van der Waals surface area contributed by atoms with Crippen LogP contribution in [-0.2, 0) is 24.3 Å². The van der Waals surface area contributed by atoms with Crippen molar-refractivity contribution in [3.63, 3.8) is 0 Å². The molecule has 1 aliphatic heterocycles. The molecule has 32 heavy (non-hydrogen) atoms. The number of nitriles is 1. The molecule has 1 N–H and O–H groups in total. The van der Waals surface area contributed by atoms with Crippen molar-refractivity contribution in [1.29, 1.82) is 5.26 Å². The number of rotatable bonds is 6. The Balaban J connectivity index is 1.67. The number of carbonyl (C=O) groups is 2. The Hall–Kier alpha value is -2.68. The molecule has 0 aliphatic carbocycles. The summed E-state index contributed by atoms with van der Waals surface area (Å²) in [4.78, 5) is 24.4. The summed E-state index contributed by atoms with van der Waals surface area (Å²) in [5, 5.41) is 11.5. The molecule has 0 saturated carbocycles. The zero-order valence-electron chi connectivity index (χ0n) is 16.5. The maximum atomic E-state index is 12.8. The minimum Gasteiger partial charge on any atom is -0.452 e. The second kappa shape index (κ2) is 10.3. The number of sulfonamides is 1. The van der Waals surface area contributed by atoms with Gasteiger partial charge in [-0.1, -0.05) is 23.2 Å². The van der Waals surface area contributed by atoms with Crippen molar-refractivity contribution in [3.05, 3.63) is 57.6 Å². The van der Waals surface area contributed by atoms with Gasteiger partial charge in [-0.2, -0.15) is 9.57 Å². The van der Waals surface area contributed by atoms with Crippen LogP contribution in [0.25, 0.3) is 0 Å². The number of hydrogen-bond acceptors (Lipinski definition) is 7. The van der Waals surface area contributed by atoms with E-state index in [4.69, 9.17) is 37.9 Å². The van der Waals surface area contributed by atoms with Crippen molar-refractivity contribution in [2.75, 3.05) is 38.2 Å². The molecule has 2 aromatic carbocycles. The van der Waals surface area contributed by atoms with Crippen molar-refractivity contribution in [2.24, 2.45) is 0 Å². The van der Waals surface area contributed by atoms with Crippen LogP contribution in [0.4, 0.5) is 5.69 Å². The van der Waals surface area contributed by atoms with Crippen LogP contribution in [-0.4, -0.2) is 57.5 Å². The van der Waals surface area contributed by atoms with Gasteiger partial charge >= 0.3 is 5.97 Å². The number of benzene rings is 2. The smallest absolute Gasteiger partial charge is 0.340 e. The molecule has 0 spiro atoms. The summed E-state index contributed by atoms with van der Waals surface area (Å²) in [5.74, 6) is -1.62. The van der Waals surface area contributed by atoms with Gasteiger partial charge in [0.2, 0.25) is 10.0 Å². The van der Waals surface area contributed by atoms with Gasteiger partial charge in [0.1, 0.15) is 6.07 Å². The third kappa shape index (κ3) is 5.56. The van der Waals surface area contributed by atoms with Crippen molar-refractivity contribution in [1.82, 2.24) is 4.31 Å². The molecule has 1 saturated heterocycles. The molecule has 0 aromatic heterocycles. The Morgan fingerprint density at radius 3 is 2.50 bits per heavy atom. The van der Waals surface area contributed by atoms with E-state index in [1.165, 1.54) is 34.6 Å². The van der Waals surface area contributed by atoms with Crippen LogP contribution in [0.3, 0.4) is 0 Å². The highest BCUT2D eigenvalue weighted by molar-refractivity contribution is 7.89. The lowest BCUT2D eigenvalue weighted by atomic mass is 10.2. The second-order valence-corrected chi connectivity index (χ2v) is 9.34. The van der Waals surface area contributed by atoms with Crippen molar-refractivity contribution >= 4 is 50.8 Å². The van der Waals surface area contributed by atoms with Crippen LogP contribution in [0, 0.1) is 11.3 Å². The minimum atomic E-state index is -3.84. The van der Waals surface area contributed by atoms with Crippen LogP contribution in [0.1, 0.15) is 15.9 Å². The summed E-state index contributed by atoms with van der Waals surface area (Å²) in [7, 11) is -3.84. The first-order chi connectivity index (χ1) is 15.2. The molecule has 1 fully saturated rings. The standard InChI is InChI=1S/C20H17Cl2N3O6S/c21-17-4-3-15(32(28,29)25-5-7-30-8-6-25)10-16(17)20(27)31-12-19(26)24-14-2-1-13(11-23)18(22)9-14/h1-4,9-10H,5-8,12H2,(H,24,26). The first-order valence-corrected chi connectivity index (χ1v) is 11.5. The van der Waals surface area contributed by atoms with Gasteiger partial charge in [0.05, 0.1) is 39.3 Å². The second-order valence-electron chi connectivity index (χ2n) is 6.59. The van der Waals surface area contributed by atoms with E-state index in [2.05, 4.69) is 5.32 Å². The average molecular weight is 498 g/mol. The Morgan fingerprint density at radius 1 is 1.12 bits per heavy atom. The van der Waals surface area contributed by atoms with Gasteiger partial charge in [0.25, 0.3) is 5.91 Å². The maximum absolute atomic E-state index is 12.8. The zero-order chi connectivity index (χ0) is 23.3. The number of anilines is 1. The largest absolute Gasteiger partial charge is 0.452 e. The van der Waals surface area contributed by atoms with E-state index in [9.17, 15) is 18.0 Å². The molecule has 1 aliphatic rings. The molecule has 0 unspecified atom stereocenters. The number of nitrogens with one attached hydrogen (secondary N) is 1. The van der Waals surface area contributed by atoms with Crippen LogP contribution in [0.15, 0.2) is 41.3 Å². The lowest BCUT2D eigenvalue weighted by Crippen LogP contribution is -2.40. The van der Waals surface area contributed by atoms with Gasteiger partial charge in [-0.15, -0.1) is 0 Å². The number of esters is 1. The van der Waals surface area contributed by atoms with Gasteiger partial charge in [0, 0.05) is 18.8 Å². The number of hydrogen-bond donors (Lipinski definition) is 1. The van der Waals surface area contributed by atoms with Gasteiger partial charge in [-0.25, -0.2) is 13.2 Å². The Labute approximate surface area is 194 Å². The first kappa shape index (κ1) is 24.0. The highest BCUT2D eigenvalue weighted by Crippen LogP contribution is 2.24. The molecule has 12 heteroatoms. The predicted octanol–water partition coefficient (Wildman–Crippen LogP) is 2.68. The van der Waals surface area contributed by atoms with Crippen molar-refractivity contribution in [3.8, 4) is 6.07 Å². The zero-order valence-corrected chi connectivity index (χ0v) is 18.8. The Kier molecular flexibility index (Phi) is 7.71. The molecule has 2 aromatic rings. The van der Waals surface area contributed by atoms with Gasteiger partial charge in [0.15, 0.2) is 6.61 Å². The van der Waals surface area contributed by atoms with E-state index in [0.717, 1.165) is 6.07 Å². The molecular formula is C20H17Cl2N3O6S. The normalized spacial score (nSPS) is 14.4. The topological polar surface area (TPSA) is 126 Å². The lowest BCUT2D eigenvalue weighted by Gasteiger charge is -2.26. The molecule has 0 bridgehead atoms. The molecule has 1 heterocycles. The van der Waals surface area contributed by atoms with E-state index < -0.39 is 28.5 Å². The predicted molar refractivity (Wildman–Crippen MR) is 116 cm³/mol. The molecule has 0 radical (unpaired) electrons. The van der Waals surface area contributed by atoms with Gasteiger partial charge in [-0.3, -0.25) is 4.79 Å². The Morgan fingerprint density at radius 2 is 1.84 bits per heavy atom. The SMILES string of the molecule is N#Cc1ccc(NC(=O)COC(=O)c2cc(S(=O)(=O)N3CCOCC3)ccc2Cl)cc1Cl. The molecule has 0 atom stereocenters. The van der Waals surface area contributed by atoms with Crippen LogP contribution < -0.4 is 5.32 Å². The molecule has 9 nitrogen and oxygen atoms in total. The fraction of sp³-hybridized carbons (Fsp3) is 0.250. The summed E-state index contributed by atoms with van der Waals surface area (Å²) in [5.41, 5.74) is 0.375.